The highest BCUT2D eigenvalue weighted by Crippen LogP contribution is 2.27. The SMILES string of the molecule is Cc1ccc(/C=C/c2cc(-c3ccc(Br)cc3)cc(-c3ccc(C)cc3)[n+]2C)cc1.[I-]. The molecule has 0 aliphatic rings. The molecule has 0 fully saturated rings. The maximum absolute atomic E-state index is 3.54. The zero-order chi connectivity index (χ0) is 21.1. The van der Waals surface area contributed by atoms with Gasteiger partial charge in [0.05, 0.1) is 0 Å². The highest BCUT2D eigenvalue weighted by atomic mass is 127. The highest BCUT2D eigenvalue weighted by molar-refractivity contribution is 9.10. The van der Waals surface area contributed by atoms with Crippen molar-refractivity contribution in [1.29, 1.82) is 0 Å². The minimum absolute atomic E-state index is 0. The Kier molecular flexibility index (Phi) is 7.84. The van der Waals surface area contributed by atoms with Crippen LogP contribution in [-0.4, -0.2) is 0 Å². The van der Waals surface area contributed by atoms with E-state index in [2.05, 4.69) is 138 Å². The monoisotopic (exact) mass is 581 g/mol. The molecular weight excluding hydrogens is 557 g/mol. The molecular formula is C28H25BrIN. The Balaban J connectivity index is 0.00000272. The van der Waals surface area contributed by atoms with Gasteiger partial charge in [-0.05, 0) is 60.9 Å². The molecule has 4 aromatic rings. The van der Waals surface area contributed by atoms with Crippen molar-refractivity contribution in [2.75, 3.05) is 0 Å². The minimum Gasteiger partial charge on any atom is -1.00 e. The van der Waals surface area contributed by atoms with E-state index >= 15 is 0 Å². The third-order valence-corrected chi connectivity index (χ3v) is 5.92. The van der Waals surface area contributed by atoms with Gasteiger partial charge in [0.2, 0.25) is 11.4 Å². The van der Waals surface area contributed by atoms with Crippen LogP contribution in [0, 0.1) is 13.8 Å². The van der Waals surface area contributed by atoms with Gasteiger partial charge in [-0.3, -0.25) is 0 Å². The first kappa shape index (κ1) is 23.4. The predicted molar refractivity (Wildman–Crippen MR) is 131 cm³/mol. The van der Waals surface area contributed by atoms with Gasteiger partial charge < -0.3 is 24.0 Å². The summed E-state index contributed by atoms with van der Waals surface area (Å²) in [7, 11) is 2.13. The van der Waals surface area contributed by atoms with Crippen molar-refractivity contribution in [3.05, 3.63) is 112 Å². The molecule has 0 saturated carbocycles. The Morgan fingerprint density at radius 3 is 1.81 bits per heavy atom. The van der Waals surface area contributed by atoms with Gasteiger partial charge in [-0.1, -0.05) is 75.6 Å². The van der Waals surface area contributed by atoms with Gasteiger partial charge in [0.25, 0.3) is 0 Å². The van der Waals surface area contributed by atoms with E-state index in [4.69, 9.17) is 0 Å². The Hall–Kier alpha value is -2.24. The zero-order valence-corrected chi connectivity index (χ0v) is 21.7. The summed E-state index contributed by atoms with van der Waals surface area (Å²) in [4.78, 5) is 0. The lowest BCUT2D eigenvalue weighted by atomic mass is 10.0. The standard InChI is InChI=1S/C28H25BrN.HI/c1-20-4-8-22(9-5-20)10-17-27-18-25(23-13-15-26(29)16-14-23)19-28(30(27)3)24-11-6-21(2)7-12-24;/h4-19H,1-3H3;1H/q+1;/p-1/b17-10+;. The maximum Gasteiger partial charge on any atom is 0.213 e. The van der Waals surface area contributed by atoms with E-state index < -0.39 is 0 Å². The van der Waals surface area contributed by atoms with Crippen LogP contribution in [0.25, 0.3) is 34.5 Å². The number of hydrogen-bond acceptors (Lipinski definition) is 0. The number of hydrogen-bond donors (Lipinski definition) is 0. The van der Waals surface area contributed by atoms with E-state index in [0.29, 0.717) is 0 Å². The molecule has 0 aliphatic carbocycles. The molecule has 0 bridgehead atoms. The second-order valence-electron chi connectivity index (χ2n) is 7.73. The number of benzene rings is 3. The largest absolute Gasteiger partial charge is 1.00 e. The fraction of sp³-hybridized carbons (Fsp3) is 0.107. The first-order valence-corrected chi connectivity index (χ1v) is 10.9. The van der Waals surface area contributed by atoms with Crippen molar-refractivity contribution in [1.82, 2.24) is 0 Å². The van der Waals surface area contributed by atoms with Crippen molar-refractivity contribution >= 4 is 28.1 Å². The van der Waals surface area contributed by atoms with Gasteiger partial charge in [0.15, 0.2) is 0 Å². The molecule has 1 heterocycles. The third kappa shape index (κ3) is 5.72. The summed E-state index contributed by atoms with van der Waals surface area (Å²) in [5, 5.41) is 0. The van der Waals surface area contributed by atoms with Crippen LogP contribution in [0.5, 0.6) is 0 Å². The van der Waals surface area contributed by atoms with Crippen LogP contribution >= 0.6 is 15.9 Å². The number of aromatic nitrogens is 1. The maximum atomic E-state index is 3.54. The molecule has 0 unspecified atom stereocenters. The molecule has 0 radical (unpaired) electrons. The van der Waals surface area contributed by atoms with Crippen LogP contribution in [0.4, 0.5) is 0 Å². The Labute approximate surface area is 210 Å². The van der Waals surface area contributed by atoms with Crippen LogP contribution in [0.3, 0.4) is 0 Å². The molecule has 0 aliphatic heterocycles. The van der Waals surface area contributed by atoms with Gasteiger partial charge in [-0.25, -0.2) is 0 Å². The van der Waals surface area contributed by atoms with Crippen molar-refractivity contribution in [3.8, 4) is 22.4 Å². The van der Waals surface area contributed by atoms with E-state index in [1.807, 2.05) is 0 Å². The summed E-state index contributed by atoms with van der Waals surface area (Å²) in [6.45, 7) is 4.24. The lowest BCUT2D eigenvalue weighted by Gasteiger charge is -2.09. The van der Waals surface area contributed by atoms with Crippen LogP contribution in [0.1, 0.15) is 22.4 Å². The molecule has 0 N–H and O–H groups in total. The number of aryl methyl sites for hydroxylation is 2. The molecule has 156 valence electrons. The van der Waals surface area contributed by atoms with E-state index in [1.165, 1.54) is 39.1 Å². The second kappa shape index (κ2) is 10.4. The lowest BCUT2D eigenvalue weighted by molar-refractivity contribution is -0.662. The van der Waals surface area contributed by atoms with Crippen LogP contribution < -0.4 is 28.5 Å². The highest BCUT2D eigenvalue weighted by Gasteiger charge is 2.16. The van der Waals surface area contributed by atoms with E-state index in [0.717, 1.165) is 10.2 Å². The molecule has 0 atom stereocenters. The quantitative estimate of drug-likeness (QED) is 0.248. The Morgan fingerprint density at radius 1 is 0.645 bits per heavy atom. The van der Waals surface area contributed by atoms with Gasteiger partial charge in [0.1, 0.15) is 7.05 Å². The average Bonchev–Trinajstić information content (AvgIpc) is 2.75. The summed E-state index contributed by atoms with van der Waals surface area (Å²) < 4.78 is 3.35. The van der Waals surface area contributed by atoms with Gasteiger partial charge in [-0.15, -0.1) is 0 Å². The number of halogens is 2. The number of nitrogens with zero attached hydrogens (tertiary/aromatic N) is 1. The molecule has 0 saturated heterocycles. The average molecular weight is 582 g/mol. The summed E-state index contributed by atoms with van der Waals surface area (Å²) >= 11 is 3.54. The smallest absolute Gasteiger partial charge is 0.213 e. The van der Waals surface area contributed by atoms with Crippen molar-refractivity contribution in [2.45, 2.75) is 13.8 Å². The fourth-order valence-electron chi connectivity index (χ4n) is 3.51. The predicted octanol–water partition coefficient (Wildman–Crippen LogP) is 4.40. The first-order chi connectivity index (χ1) is 14.5. The van der Waals surface area contributed by atoms with Crippen molar-refractivity contribution < 1.29 is 28.5 Å². The van der Waals surface area contributed by atoms with Gasteiger partial charge in [0, 0.05) is 28.2 Å². The normalized spacial score (nSPS) is 10.8. The first-order valence-electron chi connectivity index (χ1n) is 10.1. The summed E-state index contributed by atoms with van der Waals surface area (Å²) in [5.74, 6) is 0. The summed E-state index contributed by atoms with van der Waals surface area (Å²) in [5.41, 5.74) is 9.72. The van der Waals surface area contributed by atoms with Gasteiger partial charge in [-0.2, -0.15) is 4.57 Å². The Bertz CT molecular complexity index is 1190. The molecule has 0 spiro atoms. The van der Waals surface area contributed by atoms with Crippen LogP contribution in [-0.2, 0) is 7.05 Å². The molecule has 3 heteroatoms. The molecule has 0 amide bonds. The van der Waals surface area contributed by atoms with E-state index in [-0.39, 0.29) is 24.0 Å². The second-order valence-corrected chi connectivity index (χ2v) is 8.65. The van der Waals surface area contributed by atoms with Crippen LogP contribution in [0.2, 0.25) is 0 Å². The van der Waals surface area contributed by atoms with Gasteiger partial charge >= 0.3 is 0 Å². The molecule has 1 nitrogen and oxygen atoms in total. The van der Waals surface area contributed by atoms with Crippen LogP contribution in [0.15, 0.2) is 89.4 Å². The fourth-order valence-corrected chi connectivity index (χ4v) is 3.77. The summed E-state index contributed by atoms with van der Waals surface area (Å²) in [6.07, 6.45) is 4.38. The van der Waals surface area contributed by atoms with Crippen molar-refractivity contribution in [2.24, 2.45) is 7.05 Å². The number of pyridine rings is 1. The minimum atomic E-state index is 0. The molecule has 31 heavy (non-hydrogen) atoms. The molecule has 4 rings (SSSR count). The topological polar surface area (TPSA) is 3.88 Å². The Morgan fingerprint density at radius 2 is 1.19 bits per heavy atom. The van der Waals surface area contributed by atoms with E-state index in [9.17, 15) is 0 Å². The molecule has 3 aromatic carbocycles. The summed E-state index contributed by atoms with van der Waals surface area (Å²) in [6, 6.07) is 30.4. The zero-order valence-electron chi connectivity index (χ0n) is 17.9. The number of rotatable bonds is 4. The molecule has 1 aromatic heterocycles. The van der Waals surface area contributed by atoms with E-state index in [1.54, 1.807) is 0 Å². The lowest BCUT2D eigenvalue weighted by Crippen LogP contribution is -3.00. The van der Waals surface area contributed by atoms with Crippen molar-refractivity contribution in [3.63, 3.8) is 0 Å². The third-order valence-electron chi connectivity index (χ3n) is 5.39.